The third kappa shape index (κ3) is 5.22. The zero-order chi connectivity index (χ0) is 19.8. The van der Waals surface area contributed by atoms with E-state index in [-0.39, 0.29) is 0 Å². The van der Waals surface area contributed by atoms with Crippen molar-refractivity contribution in [2.75, 3.05) is 0 Å². The molecule has 2 nitrogen and oxygen atoms in total. The molecule has 0 radical (unpaired) electrons. The highest BCUT2D eigenvalue weighted by atomic mass is 32.2. The fraction of sp³-hybridized carbons (Fsp3) is 0.500. The van der Waals surface area contributed by atoms with Gasteiger partial charge in [0.25, 0.3) is 0 Å². The maximum atomic E-state index is 11.2. The van der Waals surface area contributed by atoms with Crippen molar-refractivity contribution in [1.29, 1.82) is 0 Å². The van der Waals surface area contributed by atoms with Crippen LogP contribution in [0.4, 0.5) is 0 Å². The highest BCUT2D eigenvalue weighted by Crippen LogP contribution is 2.44. The molecule has 2 aromatic carbocycles. The van der Waals surface area contributed by atoms with Crippen LogP contribution in [0.1, 0.15) is 75.6 Å². The Morgan fingerprint density at radius 2 is 1.04 bits per heavy atom. The van der Waals surface area contributed by atoms with Gasteiger partial charge >= 0.3 is 0 Å². The number of hydrogen-bond acceptors (Lipinski definition) is 3. The summed E-state index contributed by atoms with van der Waals surface area (Å²) >= 11 is 1.80. The van der Waals surface area contributed by atoms with Crippen molar-refractivity contribution in [2.24, 2.45) is 0 Å². The molecule has 2 aromatic rings. The van der Waals surface area contributed by atoms with Gasteiger partial charge in [-0.1, -0.05) is 65.1 Å². The molecular weight excluding hydrogens is 352 g/mol. The Balaban J connectivity index is 2.71. The normalized spacial score (nSPS) is 11.1. The minimum Gasteiger partial charge on any atom is -0.508 e. The van der Waals surface area contributed by atoms with E-state index >= 15 is 0 Å². The van der Waals surface area contributed by atoms with Gasteiger partial charge < -0.3 is 10.2 Å². The summed E-state index contributed by atoms with van der Waals surface area (Å²) in [6.45, 7) is 8.78. The average molecular weight is 387 g/mol. The van der Waals surface area contributed by atoms with E-state index in [4.69, 9.17) is 0 Å². The number of phenolic OH excluding ortho intramolecular Hbond substituents is 2. The van der Waals surface area contributed by atoms with Crippen LogP contribution in [0.3, 0.4) is 0 Å². The van der Waals surface area contributed by atoms with E-state index in [1.165, 1.54) is 16.0 Å². The summed E-state index contributed by atoms with van der Waals surface area (Å²) in [4.78, 5) is 2.48. The third-order valence-electron chi connectivity index (χ3n) is 4.91. The Hall–Kier alpha value is -1.61. The number of phenols is 2. The second-order valence-corrected chi connectivity index (χ2v) is 8.27. The van der Waals surface area contributed by atoms with Crippen molar-refractivity contribution in [3.05, 3.63) is 46.5 Å². The average Bonchev–Trinajstić information content (AvgIpc) is 2.66. The van der Waals surface area contributed by atoms with Gasteiger partial charge in [-0.15, -0.1) is 0 Å². The van der Waals surface area contributed by atoms with Crippen molar-refractivity contribution >= 4 is 11.8 Å². The quantitative estimate of drug-likeness (QED) is 0.459. The molecule has 0 amide bonds. The van der Waals surface area contributed by atoms with Crippen molar-refractivity contribution in [1.82, 2.24) is 0 Å². The summed E-state index contributed by atoms with van der Waals surface area (Å²) < 4.78 is 0. The third-order valence-corrected chi connectivity index (χ3v) is 6.11. The number of rotatable bonds is 10. The Kier molecular flexibility index (Phi) is 8.56. The maximum absolute atomic E-state index is 11.2. The molecule has 0 heterocycles. The summed E-state index contributed by atoms with van der Waals surface area (Å²) in [5.41, 5.74) is 4.98. The monoisotopic (exact) mass is 386 g/mol. The van der Waals surface area contributed by atoms with Gasteiger partial charge in [0.2, 0.25) is 0 Å². The first kappa shape index (κ1) is 21.7. The van der Waals surface area contributed by atoms with Crippen molar-refractivity contribution < 1.29 is 10.2 Å². The van der Waals surface area contributed by atoms with E-state index in [0.29, 0.717) is 11.5 Å². The fourth-order valence-electron chi connectivity index (χ4n) is 3.75. The Morgan fingerprint density at radius 3 is 1.44 bits per heavy atom. The number of hydrogen-bond donors (Lipinski definition) is 2. The maximum Gasteiger partial charge on any atom is 0.122 e. The van der Waals surface area contributed by atoms with Crippen molar-refractivity contribution in [2.45, 2.75) is 88.9 Å². The molecule has 3 heteroatoms. The summed E-state index contributed by atoms with van der Waals surface area (Å²) in [6, 6.07) is 7.47. The van der Waals surface area contributed by atoms with E-state index in [9.17, 15) is 10.2 Å². The number of benzene rings is 2. The lowest BCUT2D eigenvalue weighted by atomic mass is 9.88. The van der Waals surface area contributed by atoms with Crippen LogP contribution in [0.2, 0.25) is 0 Å². The summed E-state index contributed by atoms with van der Waals surface area (Å²) in [5, 5.41) is 20.8. The first-order chi connectivity index (χ1) is 13.1. The van der Waals surface area contributed by atoms with Crippen LogP contribution < -0.4 is 0 Å². The van der Waals surface area contributed by atoms with Crippen LogP contribution in [0.5, 0.6) is 11.5 Å². The highest BCUT2D eigenvalue weighted by Gasteiger charge is 2.22. The first-order valence-corrected chi connectivity index (χ1v) is 11.2. The molecule has 0 saturated heterocycles. The van der Waals surface area contributed by atoms with E-state index in [2.05, 4.69) is 27.7 Å². The number of aromatic hydroxyl groups is 2. The molecule has 0 aliphatic carbocycles. The van der Waals surface area contributed by atoms with Crippen LogP contribution in [0, 0.1) is 0 Å². The molecule has 0 unspecified atom stereocenters. The summed E-state index contributed by atoms with van der Waals surface area (Å²) in [6.07, 6.45) is 8.04. The Bertz CT molecular complexity index is 698. The van der Waals surface area contributed by atoms with E-state index in [0.717, 1.165) is 67.4 Å². The molecule has 27 heavy (non-hydrogen) atoms. The Labute approximate surface area is 169 Å². The van der Waals surface area contributed by atoms with Gasteiger partial charge in [0.1, 0.15) is 11.5 Å². The predicted molar refractivity (Wildman–Crippen MR) is 116 cm³/mol. The van der Waals surface area contributed by atoms with Crippen LogP contribution in [-0.2, 0) is 25.7 Å². The van der Waals surface area contributed by atoms with Crippen LogP contribution in [0.25, 0.3) is 0 Å². The van der Waals surface area contributed by atoms with Crippen molar-refractivity contribution in [3.63, 3.8) is 0 Å². The molecule has 0 bridgehead atoms. The fourth-order valence-corrected chi connectivity index (χ4v) is 4.95. The molecule has 148 valence electrons. The predicted octanol–water partition coefficient (Wildman–Crippen LogP) is 7.06. The van der Waals surface area contributed by atoms with Gasteiger partial charge in [0, 0.05) is 9.79 Å². The second-order valence-electron chi connectivity index (χ2n) is 7.19. The molecular formula is C24H34O2S. The SMILES string of the molecule is CCCc1c(O)c(CCC)c(CCC)c(Sc2ccc(O)cc2)c1CCC. The topological polar surface area (TPSA) is 40.5 Å². The standard InChI is InChI=1S/C24H34O2S/c1-5-9-19-21(11-7-3)24(27-18-15-13-17(25)14-16-18)22(12-8-4)20(10-6-2)23(19)26/h13-16,25-26H,5-12H2,1-4H3. The van der Waals surface area contributed by atoms with Gasteiger partial charge in [0.15, 0.2) is 0 Å². The lowest BCUT2D eigenvalue weighted by molar-refractivity contribution is 0.455. The molecule has 2 rings (SSSR count). The van der Waals surface area contributed by atoms with Crippen molar-refractivity contribution in [3.8, 4) is 11.5 Å². The molecule has 2 N–H and O–H groups in total. The zero-order valence-electron chi connectivity index (χ0n) is 17.3. The molecule has 0 fully saturated rings. The van der Waals surface area contributed by atoms with Gasteiger partial charge in [-0.25, -0.2) is 0 Å². The van der Waals surface area contributed by atoms with Crippen LogP contribution >= 0.6 is 11.8 Å². The first-order valence-electron chi connectivity index (χ1n) is 10.4. The smallest absolute Gasteiger partial charge is 0.122 e. The minimum absolute atomic E-state index is 0.297. The van der Waals surface area contributed by atoms with E-state index in [1.807, 2.05) is 12.1 Å². The largest absolute Gasteiger partial charge is 0.508 e. The zero-order valence-corrected chi connectivity index (χ0v) is 18.1. The van der Waals surface area contributed by atoms with Crippen LogP contribution in [-0.4, -0.2) is 10.2 Å². The van der Waals surface area contributed by atoms with Gasteiger partial charge in [0.05, 0.1) is 0 Å². The van der Waals surface area contributed by atoms with E-state index in [1.54, 1.807) is 23.9 Å². The summed E-state index contributed by atoms with van der Waals surface area (Å²) in [5.74, 6) is 0.853. The molecule has 0 saturated carbocycles. The Morgan fingerprint density at radius 1 is 0.630 bits per heavy atom. The highest BCUT2D eigenvalue weighted by molar-refractivity contribution is 7.99. The van der Waals surface area contributed by atoms with Gasteiger partial charge in [-0.3, -0.25) is 0 Å². The van der Waals surface area contributed by atoms with E-state index < -0.39 is 0 Å². The molecule has 0 aromatic heterocycles. The van der Waals surface area contributed by atoms with Gasteiger partial charge in [-0.2, -0.15) is 0 Å². The second kappa shape index (κ2) is 10.7. The van der Waals surface area contributed by atoms with Crippen LogP contribution in [0.15, 0.2) is 34.1 Å². The molecule has 0 aliphatic heterocycles. The molecule has 0 spiro atoms. The lowest BCUT2D eigenvalue weighted by Crippen LogP contribution is -2.07. The molecule has 0 atom stereocenters. The summed E-state index contributed by atoms with van der Waals surface area (Å²) in [7, 11) is 0. The molecule has 0 aliphatic rings. The van der Waals surface area contributed by atoms with Gasteiger partial charge in [-0.05, 0) is 72.2 Å². The minimum atomic E-state index is 0.297. The lowest BCUT2D eigenvalue weighted by Gasteiger charge is -2.24.